The van der Waals surface area contributed by atoms with E-state index in [-0.39, 0.29) is 5.41 Å². The number of hydrogen-bond donors (Lipinski definition) is 0. The summed E-state index contributed by atoms with van der Waals surface area (Å²) < 4.78 is 2.24. The first-order chi connectivity index (χ1) is 35.7. The van der Waals surface area contributed by atoms with E-state index in [1.54, 1.807) is 0 Å². The number of aryl methyl sites for hydroxylation is 6. The predicted octanol–water partition coefficient (Wildman–Crippen LogP) is 20.9. The molecule has 0 saturated carbocycles. The Balaban J connectivity index is 0.000000154. The molecule has 0 saturated heterocycles. The molecule has 374 valence electrons. The van der Waals surface area contributed by atoms with Crippen LogP contribution in [0.1, 0.15) is 103 Å². The topological polar surface area (TPSA) is 4.93 Å². The minimum atomic E-state index is 0.0888. The van der Waals surface area contributed by atoms with Crippen LogP contribution in [0.2, 0.25) is 0 Å². The van der Waals surface area contributed by atoms with E-state index in [2.05, 4.69) is 269 Å². The van der Waals surface area contributed by atoms with E-state index in [1.165, 1.54) is 122 Å². The second-order valence-electron chi connectivity index (χ2n) is 20.3. The number of benzene rings is 9. The van der Waals surface area contributed by atoms with Crippen LogP contribution in [-0.2, 0) is 12.5 Å². The van der Waals surface area contributed by atoms with Gasteiger partial charge in [-0.2, -0.15) is 0 Å². The number of aromatic nitrogens is 1. The molecule has 1 heteroatoms. The van der Waals surface area contributed by atoms with E-state index < -0.39 is 0 Å². The highest BCUT2D eigenvalue weighted by atomic mass is 14.9. The fourth-order valence-corrected chi connectivity index (χ4v) is 10.4. The first-order valence-corrected chi connectivity index (χ1v) is 26.5. The molecule has 1 aliphatic rings. The molecule has 1 nitrogen and oxygen atoms in total. The summed E-state index contributed by atoms with van der Waals surface area (Å²) in [5.41, 5.74) is 25.6. The molecule has 0 spiro atoms. The molecule has 0 unspecified atom stereocenters. The monoisotopic (exact) mass is 968 g/mol. The highest BCUT2D eigenvalue weighted by Gasteiger charge is 2.36. The van der Waals surface area contributed by atoms with Crippen molar-refractivity contribution in [1.29, 1.82) is 0 Å². The van der Waals surface area contributed by atoms with Gasteiger partial charge in [0.05, 0.1) is 0 Å². The number of fused-ring (bicyclic) bond motifs is 6. The third kappa shape index (κ3) is 11.7. The average Bonchev–Trinajstić information content (AvgIpc) is 3.80. The van der Waals surface area contributed by atoms with Crippen LogP contribution in [0.5, 0.6) is 0 Å². The van der Waals surface area contributed by atoms with Crippen molar-refractivity contribution in [1.82, 2.24) is 4.57 Å². The first-order valence-electron chi connectivity index (χ1n) is 26.5. The molecule has 11 rings (SSSR count). The molecular formula is C73H77N. The lowest BCUT2D eigenvalue weighted by molar-refractivity contribution is 0.659. The van der Waals surface area contributed by atoms with Crippen molar-refractivity contribution < 1.29 is 0 Å². The second-order valence-corrected chi connectivity index (χ2v) is 20.3. The van der Waals surface area contributed by atoms with Gasteiger partial charge >= 0.3 is 0 Å². The van der Waals surface area contributed by atoms with Crippen molar-refractivity contribution in [3.63, 3.8) is 0 Å². The van der Waals surface area contributed by atoms with Gasteiger partial charge in [0.2, 0.25) is 0 Å². The van der Waals surface area contributed by atoms with Crippen LogP contribution in [0.25, 0.3) is 72.3 Å². The largest absolute Gasteiger partial charge is 0.347 e. The Morgan fingerprint density at radius 2 is 1.04 bits per heavy atom. The number of allylic oxidation sites excluding steroid dienone is 2. The van der Waals surface area contributed by atoms with Gasteiger partial charge in [0, 0.05) is 34.6 Å². The lowest BCUT2D eigenvalue weighted by atomic mass is 9.81. The lowest BCUT2D eigenvalue weighted by Crippen LogP contribution is -2.15. The number of hydrogen-bond acceptors (Lipinski definition) is 0. The normalized spacial score (nSPS) is 11.8. The molecule has 1 heterocycles. The van der Waals surface area contributed by atoms with Crippen LogP contribution in [0.3, 0.4) is 0 Å². The summed E-state index contributed by atoms with van der Waals surface area (Å²) in [7, 11) is 2.11. The Labute approximate surface area is 444 Å². The molecule has 0 N–H and O–H groups in total. The fraction of sp³-hybridized carbons (Fsp3) is 0.205. The van der Waals surface area contributed by atoms with E-state index in [1.807, 2.05) is 44.2 Å². The zero-order valence-electron chi connectivity index (χ0n) is 46.4. The Morgan fingerprint density at radius 3 is 1.62 bits per heavy atom. The van der Waals surface area contributed by atoms with Crippen LogP contribution >= 0.6 is 0 Å². The van der Waals surface area contributed by atoms with Crippen LogP contribution in [0.4, 0.5) is 0 Å². The van der Waals surface area contributed by atoms with Gasteiger partial charge in [-0.05, 0) is 154 Å². The number of rotatable bonds is 6. The van der Waals surface area contributed by atoms with Crippen LogP contribution in [0.15, 0.2) is 213 Å². The molecule has 1 aliphatic carbocycles. The molecule has 0 fully saturated rings. The van der Waals surface area contributed by atoms with E-state index in [9.17, 15) is 0 Å². The van der Waals surface area contributed by atoms with Gasteiger partial charge in [0.15, 0.2) is 0 Å². The van der Waals surface area contributed by atoms with Crippen LogP contribution in [0, 0.1) is 41.5 Å². The first kappa shape index (κ1) is 54.0. The Kier molecular flexibility index (Phi) is 17.8. The van der Waals surface area contributed by atoms with E-state index in [0.717, 1.165) is 0 Å². The SMILES string of the molecule is C=C/C=C\c1c(C)n(C)c2cccc(C)c12.CC.Cc1ccc(-c2ccccc2)cc1-c1cc(-c2ccccc2)ccc1C(C)C.Cc1ccc2c(c1)C(C)(C)c1cc(C)c3ccccc3c1-2.Cc1ccccc1. The molecule has 0 amide bonds. The van der Waals surface area contributed by atoms with Crippen molar-refractivity contribution in [2.24, 2.45) is 7.05 Å². The summed E-state index contributed by atoms with van der Waals surface area (Å²) in [6.45, 7) is 30.0. The minimum Gasteiger partial charge on any atom is -0.347 e. The standard InChI is InChI=1S/C28H26.C21H20.C15H17N.C7H8.C2H6/c1-20(2)26-17-16-25(23-12-8-5-9-13-23)19-28(26)27-18-24(15-14-21(27)3)22-10-6-4-7-11-22;1-13-9-10-17-18(11-13)21(3,4)19-12-14(2)15-7-5-6-8-16(15)20(17)19;1-5-6-9-13-12(3)16(4)14-10-7-8-11(2)15(13)14;1-7-5-3-2-4-6-7;1-2/h4-20H,1-3H3;5-12H,1-4H3;5-10H,1H2,2-4H3;2-6H,1H3;1-2H3/b;;9-6-;;. The maximum atomic E-state index is 3.72. The molecule has 0 atom stereocenters. The van der Waals surface area contributed by atoms with E-state index in [0.29, 0.717) is 5.92 Å². The third-order valence-electron chi connectivity index (χ3n) is 14.6. The van der Waals surface area contributed by atoms with E-state index in [4.69, 9.17) is 0 Å². The van der Waals surface area contributed by atoms with Gasteiger partial charge in [-0.15, -0.1) is 0 Å². The third-order valence-corrected chi connectivity index (χ3v) is 14.6. The highest BCUT2D eigenvalue weighted by Crippen LogP contribution is 2.52. The summed E-state index contributed by atoms with van der Waals surface area (Å²) >= 11 is 0. The molecule has 0 aliphatic heterocycles. The average molecular weight is 968 g/mol. The molecule has 0 radical (unpaired) electrons. The summed E-state index contributed by atoms with van der Waals surface area (Å²) in [6, 6.07) is 69.8. The smallest absolute Gasteiger partial charge is 0.0488 e. The van der Waals surface area contributed by atoms with Crippen LogP contribution in [-0.4, -0.2) is 4.57 Å². The van der Waals surface area contributed by atoms with E-state index >= 15 is 0 Å². The fourth-order valence-electron chi connectivity index (χ4n) is 10.4. The second kappa shape index (κ2) is 24.3. The van der Waals surface area contributed by atoms with Crippen molar-refractivity contribution in [3.8, 4) is 44.5 Å². The minimum absolute atomic E-state index is 0.0888. The molecule has 10 aromatic rings. The zero-order valence-corrected chi connectivity index (χ0v) is 46.4. The maximum absolute atomic E-state index is 3.72. The van der Waals surface area contributed by atoms with Gasteiger partial charge in [0.25, 0.3) is 0 Å². The van der Waals surface area contributed by atoms with Gasteiger partial charge in [0.1, 0.15) is 0 Å². The molecule has 1 aromatic heterocycles. The predicted molar refractivity (Wildman–Crippen MR) is 327 cm³/mol. The van der Waals surface area contributed by atoms with Gasteiger partial charge in [-0.3, -0.25) is 0 Å². The Morgan fingerprint density at radius 1 is 0.473 bits per heavy atom. The van der Waals surface area contributed by atoms with Crippen molar-refractivity contribution >= 4 is 27.8 Å². The van der Waals surface area contributed by atoms with Crippen molar-refractivity contribution in [3.05, 3.63) is 269 Å². The van der Waals surface area contributed by atoms with Gasteiger partial charge in [-0.25, -0.2) is 0 Å². The van der Waals surface area contributed by atoms with Gasteiger partial charge in [-0.1, -0.05) is 253 Å². The summed E-state index contributed by atoms with van der Waals surface area (Å²) in [5.74, 6) is 0.472. The Hall–Kier alpha value is -7.74. The summed E-state index contributed by atoms with van der Waals surface area (Å²) in [6.07, 6.45) is 5.95. The quantitative estimate of drug-likeness (QED) is 0.146. The molecular weight excluding hydrogens is 891 g/mol. The van der Waals surface area contributed by atoms with Crippen molar-refractivity contribution in [2.45, 2.75) is 94.4 Å². The molecule has 74 heavy (non-hydrogen) atoms. The van der Waals surface area contributed by atoms with Gasteiger partial charge < -0.3 is 4.57 Å². The number of nitrogens with zero attached hydrogens (tertiary/aromatic N) is 1. The maximum Gasteiger partial charge on any atom is 0.0488 e. The summed E-state index contributed by atoms with van der Waals surface area (Å²) in [4.78, 5) is 0. The zero-order chi connectivity index (χ0) is 53.1. The Bertz CT molecular complexity index is 3530. The van der Waals surface area contributed by atoms with Crippen LogP contribution < -0.4 is 0 Å². The summed E-state index contributed by atoms with van der Waals surface area (Å²) in [5, 5.41) is 4.12. The lowest BCUT2D eigenvalue weighted by Gasteiger charge is -2.22. The van der Waals surface area contributed by atoms with Crippen molar-refractivity contribution in [2.75, 3.05) is 0 Å². The molecule has 9 aromatic carbocycles. The molecule has 0 bridgehead atoms. The highest BCUT2D eigenvalue weighted by molar-refractivity contribution is 6.04.